The maximum Gasteiger partial charge on any atom is 0.137 e. The van der Waals surface area contributed by atoms with E-state index in [1.54, 1.807) is 6.07 Å². The van der Waals surface area contributed by atoms with E-state index in [0.717, 1.165) is 31.7 Å². The number of benzene rings is 1. The molecule has 108 valence electrons. The Balaban J connectivity index is 2.72. The Morgan fingerprint density at radius 1 is 1.21 bits per heavy atom. The zero-order chi connectivity index (χ0) is 14.4. The summed E-state index contributed by atoms with van der Waals surface area (Å²) < 4.78 is 14.1. The summed E-state index contributed by atoms with van der Waals surface area (Å²) in [5.74, 6) is 0.420. The maximum atomic E-state index is 13.5. The minimum Gasteiger partial charge on any atom is -0.308 e. The molecule has 1 aromatic carbocycles. The lowest BCUT2D eigenvalue weighted by molar-refractivity contribution is 0.211. The molecule has 1 aromatic rings. The first-order valence-electron chi connectivity index (χ1n) is 6.70. The summed E-state index contributed by atoms with van der Waals surface area (Å²) in [6, 6.07) is 5.24. The number of hydrogen-bond acceptors (Lipinski definition) is 2. The highest BCUT2D eigenvalue weighted by atomic mass is 79.9. The smallest absolute Gasteiger partial charge is 0.137 e. The number of nitrogens with zero attached hydrogens (tertiary/aromatic N) is 2. The first-order chi connectivity index (χ1) is 8.90. The number of likely N-dealkylation sites (N-methyl/N-ethyl adjacent to an activating group) is 1. The number of rotatable bonds is 7. The normalized spacial score (nSPS) is 11.8. The van der Waals surface area contributed by atoms with E-state index in [-0.39, 0.29) is 5.82 Å². The maximum absolute atomic E-state index is 13.5. The highest BCUT2D eigenvalue weighted by Crippen LogP contribution is 2.22. The van der Waals surface area contributed by atoms with Crippen molar-refractivity contribution in [3.63, 3.8) is 0 Å². The Kier molecular flexibility index (Phi) is 6.97. The molecule has 0 aliphatic heterocycles. The van der Waals surface area contributed by atoms with Crippen LogP contribution >= 0.6 is 15.9 Å². The predicted octanol–water partition coefficient (Wildman–Crippen LogP) is 3.61. The summed E-state index contributed by atoms with van der Waals surface area (Å²) in [6.07, 6.45) is 0. The van der Waals surface area contributed by atoms with Crippen LogP contribution in [-0.2, 0) is 6.54 Å². The van der Waals surface area contributed by atoms with Gasteiger partial charge in [0.1, 0.15) is 5.82 Å². The third kappa shape index (κ3) is 6.02. The molecule has 4 heteroatoms. The average molecular weight is 331 g/mol. The van der Waals surface area contributed by atoms with Crippen molar-refractivity contribution < 1.29 is 4.39 Å². The zero-order valence-corrected chi connectivity index (χ0v) is 13.9. The molecule has 0 atom stereocenters. The van der Waals surface area contributed by atoms with E-state index < -0.39 is 0 Å². The molecular formula is C15H24BrFN2. The molecule has 0 fully saturated rings. The SMILES string of the molecule is CC(C)CN(CCN(C)C)Cc1cccc(F)c1Br. The lowest BCUT2D eigenvalue weighted by Gasteiger charge is -2.26. The van der Waals surface area contributed by atoms with Gasteiger partial charge >= 0.3 is 0 Å². The van der Waals surface area contributed by atoms with Crippen molar-refractivity contribution in [2.45, 2.75) is 20.4 Å². The topological polar surface area (TPSA) is 6.48 Å². The molecule has 19 heavy (non-hydrogen) atoms. The fourth-order valence-electron chi connectivity index (χ4n) is 2.00. The van der Waals surface area contributed by atoms with E-state index in [2.05, 4.69) is 53.7 Å². The van der Waals surface area contributed by atoms with Crippen LogP contribution in [0.25, 0.3) is 0 Å². The van der Waals surface area contributed by atoms with E-state index in [1.165, 1.54) is 6.07 Å². The van der Waals surface area contributed by atoms with E-state index >= 15 is 0 Å². The number of halogens is 2. The Bertz CT molecular complexity index is 394. The van der Waals surface area contributed by atoms with Crippen molar-refractivity contribution in [2.75, 3.05) is 33.7 Å². The van der Waals surface area contributed by atoms with Crippen LogP contribution in [0.4, 0.5) is 4.39 Å². The lowest BCUT2D eigenvalue weighted by atomic mass is 10.1. The minimum atomic E-state index is -0.186. The van der Waals surface area contributed by atoms with Gasteiger partial charge in [-0.3, -0.25) is 4.90 Å². The van der Waals surface area contributed by atoms with Crippen molar-refractivity contribution in [1.82, 2.24) is 9.80 Å². The van der Waals surface area contributed by atoms with Crippen LogP contribution in [0.2, 0.25) is 0 Å². The average Bonchev–Trinajstić information content (AvgIpc) is 2.31. The van der Waals surface area contributed by atoms with Crippen LogP contribution in [0.3, 0.4) is 0 Å². The van der Waals surface area contributed by atoms with Crippen molar-refractivity contribution in [3.8, 4) is 0 Å². The Labute approximate surface area is 124 Å². The van der Waals surface area contributed by atoms with Crippen molar-refractivity contribution in [1.29, 1.82) is 0 Å². The minimum absolute atomic E-state index is 0.186. The third-order valence-electron chi connectivity index (χ3n) is 2.91. The molecule has 0 N–H and O–H groups in total. The molecule has 0 unspecified atom stereocenters. The van der Waals surface area contributed by atoms with Gasteiger partial charge in [0, 0.05) is 26.2 Å². The molecule has 0 aliphatic rings. The van der Waals surface area contributed by atoms with Gasteiger partial charge in [0.05, 0.1) is 4.47 Å². The predicted molar refractivity (Wildman–Crippen MR) is 82.8 cm³/mol. The second kappa shape index (κ2) is 7.98. The van der Waals surface area contributed by atoms with Gasteiger partial charge in [-0.05, 0) is 47.6 Å². The summed E-state index contributed by atoms with van der Waals surface area (Å²) >= 11 is 3.34. The Hall–Kier alpha value is -0.450. The van der Waals surface area contributed by atoms with E-state index in [4.69, 9.17) is 0 Å². The summed E-state index contributed by atoms with van der Waals surface area (Å²) in [7, 11) is 4.15. The molecule has 0 spiro atoms. The summed E-state index contributed by atoms with van der Waals surface area (Å²) in [6.45, 7) is 8.24. The third-order valence-corrected chi connectivity index (χ3v) is 3.80. The van der Waals surface area contributed by atoms with Gasteiger partial charge in [0.15, 0.2) is 0 Å². The van der Waals surface area contributed by atoms with Crippen molar-refractivity contribution in [3.05, 3.63) is 34.1 Å². The molecule has 0 heterocycles. The van der Waals surface area contributed by atoms with Crippen molar-refractivity contribution >= 4 is 15.9 Å². The van der Waals surface area contributed by atoms with E-state index in [9.17, 15) is 4.39 Å². The molecule has 0 saturated carbocycles. The van der Waals surface area contributed by atoms with E-state index in [1.807, 2.05) is 6.07 Å². The van der Waals surface area contributed by atoms with Crippen LogP contribution in [0.1, 0.15) is 19.4 Å². The van der Waals surface area contributed by atoms with Crippen LogP contribution in [0.5, 0.6) is 0 Å². The molecule has 0 saturated heterocycles. The monoisotopic (exact) mass is 330 g/mol. The fourth-order valence-corrected chi connectivity index (χ4v) is 2.39. The quantitative estimate of drug-likeness (QED) is 0.753. The Morgan fingerprint density at radius 3 is 2.47 bits per heavy atom. The van der Waals surface area contributed by atoms with E-state index in [0.29, 0.717) is 10.4 Å². The van der Waals surface area contributed by atoms with Gasteiger partial charge in [-0.1, -0.05) is 26.0 Å². The molecule has 0 bridgehead atoms. The van der Waals surface area contributed by atoms with Gasteiger partial charge in [-0.25, -0.2) is 4.39 Å². The largest absolute Gasteiger partial charge is 0.308 e. The molecular weight excluding hydrogens is 307 g/mol. The second-order valence-corrected chi connectivity index (χ2v) is 6.44. The first kappa shape index (κ1) is 16.6. The van der Waals surface area contributed by atoms with Gasteiger partial charge in [0.2, 0.25) is 0 Å². The van der Waals surface area contributed by atoms with Crippen LogP contribution < -0.4 is 0 Å². The molecule has 0 radical (unpaired) electrons. The summed E-state index contributed by atoms with van der Waals surface area (Å²) in [5, 5.41) is 0. The molecule has 2 nitrogen and oxygen atoms in total. The van der Waals surface area contributed by atoms with Crippen LogP contribution in [-0.4, -0.2) is 43.5 Å². The van der Waals surface area contributed by atoms with Gasteiger partial charge in [-0.2, -0.15) is 0 Å². The standard InChI is InChI=1S/C15H24BrFN2/c1-12(2)10-19(9-8-18(3)4)11-13-6-5-7-14(17)15(13)16/h5-7,12H,8-11H2,1-4H3. The molecule has 0 aliphatic carbocycles. The molecule has 1 rings (SSSR count). The van der Waals surface area contributed by atoms with Gasteiger partial charge < -0.3 is 4.90 Å². The van der Waals surface area contributed by atoms with Crippen LogP contribution in [0, 0.1) is 11.7 Å². The van der Waals surface area contributed by atoms with Crippen molar-refractivity contribution in [2.24, 2.45) is 5.92 Å². The first-order valence-corrected chi connectivity index (χ1v) is 7.49. The highest BCUT2D eigenvalue weighted by Gasteiger charge is 2.12. The van der Waals surface area contributed by atoms with Gasteiger partial charge in [0.25, 0.3) is 0 Å². The Morgan fingerprint density at radius 2 is 1.89 bits per heavy atom. The fraction of sp³-hybridized carbons (Fsp3) is 0.600. The van der Waals surface area contributed by atoms with Crippen LogP contribution in [0.15, 0.2) is 22.7 Å². The second-order valence-electron chi connectivity index (χ2n) is 5.65. The molecule has 0 aromatic heterocycles. The van der Waals surface area contributed by atoms with Gasteiger partial charge in [-0.15, -0.1) is 0 Å². The molecule has 0 amide bonds. The summed E-state index contributed by atoms with van der Waals surface area (Å²) in [5.41, 5.74) is 1.01. The lowest BCUT2D eigenvalue weighted by Crippen LogP contribution is -2.34. The zero-order valence-electron chi connectivity index (χ0n) is 12.3. The number of hydrogen-bond donors (Lipinski definition) is 0. The highest BCUT2D eigenvalue weighted by molar-refractivity contribution is 9.10. The summed E-state index contributed by atoms with van der Waals surface area (Å²) in [4.78, 5) is 4.55.